The number of nitrogens with one attached hydrogen (secondary N) is 1. The molecule has 0 unspecified atom stereocenters. The molecule has 3 nitrogen and oxygen atoms in total. The molecule has 2 aromatic carbocycles. The van der Waals surface area contributed by atoms with Crippen molar-refractivity contribution in [2.45, 2.75) is 20.0 Å². The van der Waals surface area contributed by atoms with Gasteiger partial charge in [0, 0.05) is 13.1 Å². The number of aryl methyl sites for hydroxylation is 1. The van der Waals surface area contributed by atoms with Crippen molar-refractivity contribution in [2.24, 2.45) is 0 Å². The Balaban J connectivity index is 1.90. The second-order valence-corrected chi connectivity index (χ2v) is 4.60. The molecule has 100 valence electrons. The molecule has 0 aliphatic rings. The summed E-state index contributed by atoms with van der Waals surface area (Å²) < 4.78 is 5.09. The molecule has 0 radical (unpaired) electrons. The lowest BCUT2D eigenvalue weighted by Crippen LogP contribution is -2.12. The third kappa shape index (κ3) is 3.73. The Kier molecular flexibility index (Phi) is 4.42. The summed E-state index contributed by atoms with van der Waals surface area (Å²) in [5, 5.41) is 12.9. The number of hydrogen-bond donors (Lipinski definition) is 2. The molecule has 0 fully saturated rings. The molecule has 0 aromatic heterocycles. The molecule has 0 saturated carbocycles. The van der Waals surface area contributed by atoms with E-state index in [0.717, 1.165) is 18.7 Å². The fraction of sp³-hybridized carbons (Fsp3) is 0.250. The van der Waals surface area contributed by atoms with E-state index in [0.29, 0.717) is 5.75 Å². The van der Waals surface area contributed by atoms with Crippen LogP contribution in [-0.2, 0) is 13.1 Å². The SMILES string of the molecule is COc1cc(CNCc2ccc(C)cc2)ccc1O. The molecule has 0 amide bonds. The van der Waals surface area contributed by atoms with Gasteiger partial charge in [0.2, 0.25) is 0 Å². The van der Waals surface area contributed by atoms with Crippen LogP contribution < -0.4 is 10.1 Å². The Hall–Kier alpha value is -2.00. The van der Waals surface area contributed by atoms with Crippen molar-refractivity contribution in [1.82, 2.24) is 5.32 Å². The summed E-state index contributed by atoms with van der Waals surface area (Å²) in [6.07, 6.45) is 0. The van der Waals surface area contributed by atoms with Crippen LogP contribution in [-0.4, -0.2) is 12.2 Å². The van der Waals surface area contributed by atoms with E-state index in [2.05, 4.69) is 36.5 Å². The van der Waals surface area contributed by atoms with Crippen LogP contribution in [0.3, 0.4) is 0 Å². The Morgan fingerprint density at radius 3 is 2.32 bits per heavy atom. The van der Waals surface area contributed by atoms with Gasteiger partial charge in [0.15, 0.2) is 11.5 Å². The highest BCUT2D eigenvalue weighted by Gasteiger charge is 2.02. The first-order chi connectivity index (χ1) is 9.19. The Morgan fingerprint density at radius 2 is 1.63 bits per heavy atom. The van der Waals surface area contributed by atoms with Gasteiger partial charge in [-0.2, -0.15) is 0 Å². The van der Waals surface area contributed by atoms with Gasteiger partial charge in [0.25, 0.3) is 0 Å². The lowest BCUT2D eigenvalue weighted by molar-refractivity contribution is 0.373. The van der Waals surface area contributed by atoms with Gasteiger partial charge in [-0.05, 0) is 30.2 Å². The van der Waals surface area contributed by atoms with Crippen LogP contribution in [0.1, 0.15) is 16.7 Å². The smallest absolute Gasteiger partial charge is 0.160 e. The summed E-state index contributed by atoms with van der Waals surface area (Å²) in [6.45, 7) is 3.65. The van der Waals surface area contributed by atoms with Crippen molar-refractivity contribution in [3.05, 3.63) is 59.2 Å². The van der Waals surface area contributed by atoms with E-state index >= 15 is 0 Å². The highest BCUT2D eigenvalue weighted by Crippen LogP contribution is 2.26. The van der Waals surface area contributed by atoms with Crippen LogP contribution in [0, 0.1) is 6.92 Å². The van der Waals surface area contributed by atoms with E-state index in [-0.39, 0.29) is 5.75 Å². The number of aromatic hydroxyl groups is 1. The summed E-state index contributed by atoms with van der Waals surface area (Å²) in [7, 11) is 1.55. The first-order valence-corrected chi connectivity index (χ1v) is 6.31. The molecule has 0 spiro atoms. The van der Waals surface area contributed by atoms with Crippen LogP contribution in [0.15, 0.2) is 42.5 Å². The maximum absolute atomic E-state index is 9.52. The summed E-state index contributed by atoms with van der Waals surface area (Å²) in [5.41, 5.74) is 3.62. The zero-order valence-corrected chi connectivity index (χ0v) is 11.3. The Bertz CT molecular complexity index is 535. The topological polar surface area (TPSA) is 41.5 Å². The molecule has 2 rings (SSSR count). The van der Waals surface area contributed by atoms with Gasteiger partial charge in [-0.3, -0.25) is 0 Å². The highest BCUT2D eigenvalue weighted by molar-refractivity contribution is 5.41. The van der Waals surface area contributed by atoms with Gasteiger partial charge < -0.3 is 15.2 Å². The number of benzene rings is 2. The minimum absolute atomic E-state index is 0.171. The van der Waals surface area contributed by atoms with E-state index < -0.39 is 0 Å². The van der Waals surface area contributed by atoms with E-state index in [4.69, 9.17) is 4.74 Å². The molecule has 0 bridgehead atoms. The first kappa shape index (κ1) is 13.4. The van der Waals surface area contributed by atoms with Gasteiger partial charge in [-0.25, -0.2) is 0 Å². The number of rotatable bonds is 5. The van der Waals surface area contributed by atoms with Crippen molar-refractivity contribution >= 4 is 0 Å². The van der Waals surface area contributed by atoms with Gasteiger partial charge in [-0.15, -0.1) is 0 Å². The fourth-order valence-corrected chi connectivity index (χ4v) is 1.89. The summed E-state index contributed by atoms with van der Waals surface area (Å²) in [6, 6.07) is 13.9. The number of phenolic OH excluding ortho intramolecular Hbond substituents is 1. The molecule has 19 heavy (non-hydrogen) atoms. The molecule has 0 heterocycles. The maximum Gasteiger partial charge on any atom is 0.160 e. The second kappa shape index (κ2) is 6.25. The van der Waals surface area contributed by atoms with Gasteiger partial charge in [0.1, 0.15) is 0 Å². The molecule has 2 aromatic rings. The van der Waals surface area contributed by atoms with Crippen LogP contribution in [0.4, 0.5) is 0 Å². The van der Waals surface area contributed by atoms with E-state index in [1.54, 1.807) is 13.2 Å². The van der Waals surface area contributed by atoms with Crippen LogP contribution in [0.25, 0.3) is 0 Å². The zero-order chi connectivity index (χ0) is 13.7. The maximum atomic E-state index is 9.52. The summed E-state index contributed by atoms with van der Waals surface area (Å²) >= 11 is 0. The lowest BCUT2D eigenvalue weighted by atomic mass is 10.1. The summed E-state index contributed by atoms with van der Waals surface area (Å²) in [5.74, 6) is 0.680. The molecule has 0 atom stereocenters. The van der Waals surface area contributed by atoms with E-state index in [9.17, 15) is 5.11 Å². The second-order valence-electron chi connectivity index (χ2n) is 4.60. The van der Waals surface area contributed by atoms with Crippen molar-refractivity contribution in [1.29, 1.82) is 0 Å². The minimum atomic E-state index is 0.171. The molecular weight excluding hydrogens is 238 g/mol. The molecule has 2 N–H and O–H groups in total. The molecule has 0 aliphatic carbocycles. The van der Waals surface area contributed by atoms with Crippen molar-refractivity contribution in [3.63, 3.8) is 0 Å². The van der Waals surface area contributed by atoms with Crippen molar-refractivity contribution in [3.8, 4) is 11.5 Å². The molecular formula is C16H19NO2. The van der Waals surface area contributed by atoms with E-state index in [1.807, 2.05) is 12.1 Å². The molecule has 0 saturated heterocycles. The number of hydrogen-bond acceptors (Lipinski definition) is 3. The Labute approximate surface area is 113 Å². The quantitative estimate of drug-likeness (QED) is 0.865. The Morgan fingerprint density at radius 1 is 1.00 bits per heavy atom. The predicted molar refractivity (Wildman–Crippen MR) is 76.4 cm³/mol. The monoisotopic (exact) mass is 257 g/mol. The minimum Gasteiger partial charge on any atom is -0.504 e. The predicted octanol–water partition coefficient (Wildman–Crippen LogP) is 3.00. The standard InChI is InChI=1S/C16H19NO2/c1-12-3-5-13(6-4-12)10-17-11-14-7-8-15(18)16(9-14)19-2/h3-9,17-18H,10-11H2,1-2H3. The van der Waals surface area contributed by atoms with E-state index in [1.165, 1.54) is 11.1 Å². The average molecular weight is 257 g/mol. The van der Waals surface area contributed by atoms with Crippen LogP contribution in [0.5, 0.6) is 11.5 Å². The lowest BCUT2D eigenvalue weighted by Gasteiger charge is -2.08. The molecule has 3 heteroatoms. The zero-order valence-electron chi connectivity index (χ0n) is 11.3. The largest absolute Gasteiger partial charge is 0.504 e. The van der Waals surface area contributed by atoms with Crippen LogP contribution >= 0.6 is 0 Å². The fourth-order valence-electron chi connectivity index (χ4n) is 1.89. The number of phenols is 1. The average Bonchev–Trinajstić information content (AvgIpc) is 2.43. The summed E-state index contributed by atoms with van der Waals surface area (Å²) in [4.78, 5) is 0. The number of methoxy groups -OCH3 is 1. The van der Waals surface area contributed by atoms with Gasteiger partial charge >= 0.3 is 0 Å². The first-order valence-electron chi connectivity index (χ1n) is 6.31. The van der Waals surface area contributed by atoms with Gasteiger partial charge in [0.05, 0.1) is 7.11 Å². The normalized spacial score (nSPS) is 10.4. The molecule has 0 aliphatic heterocycles. The third-order valence-corrected chi connectivity index (χ3v) is 3.02. The van der Waals surface area contributed by atoms with Crippen molar-refractivity contribution < 1.29 is 9.84 Å². The van der Waals surface area contributed by atoms with Gasteiger partial charge in [-0.1, -0.05) is 35.9 Å². The number of ether oxygens (including phenoxy) is 1. The van der Waals surface area contributed by atoms with Crippen LogP contribution in [0.2, 0.25) is 0 Å². The third-order valence-electron chi connectivity index (χ3n) is 3.02. The van der Waals surface area contributed by atoms with Crippen molar-refractivity contribution in [2.75, 3.05) is 7.11 Å². The highest BCUT2D eigenvalue weighted by atomic mass is 16.5.